The lowest BCUT2D eigenvalue weighted by atomic mass is 10.0. The van der Waals surface area contributed by atoms with Gasteiger partial charge in [0.25, 0.3) is 0 Å². The second-order valence-corrected chi connectivity index (χ2v) is 2.41. The van der Waals surface area contributed by atoms with Crippen molar-refractivity contribution < 1.29 is 0 Å². The fourth-order valence-electron chi connectivity index (χ4n) is 1.12. The molecule has 2 radical (unpaired) electrons. The van der Waals surface area contributed by atoms with E-state index >= 15 is 0 Å². The second kappa shape index (κ2) is 2.63. The molecule has 1 aromatic rings. The standard InChI is InChI=1S/C10H5N2/c1-2-10-9-6-4-3-5-8(9)7-11-12-10/h3-7H/q+1. The molecule has 2 rings (SSSR count). The van der Waals surface area contributed by atoms with E-state index in [2.05, 4.69) is 16.1 Å². The smallest absolute Gasteiger partial charge is 0.0616 e. The molecule has 12 heavy (non-hydrogen) atoms. The number of hydrogen-bond acceptors (Lipinski definition) is 2. The summed E-state index contributed by atoms with van der Waals surface area (Å²) in [7, 11) is 0. The minimum absolute atomic E-state index is 0.494. The molecule has 2 nitrogen and oxygen atoms in total. The largest absolute Gasteiger partial charge is 0.371 e. The fraction of sp³-hybridized carbons (Fsp3) is 0. The Morgan fingerprint density at radius 2 is 2.17 bits per heavy atom. The van der Waals surface area contributed by atoms with Gasteiger partial charge < -0.3 is 0 Å². The molecule has 0 aliphatic carbocycles. The molecule has 0 amide bonds. The highest BCUT2D eigenvalue weighted by atomic mass is 15.2. The predicted molar refractivity (Wildman–Crippen MR) is 47.4 cm³/mol. The van der Waals surface area contributed by atoms with Crippen molar-refractivity contribution >= 4 is 11.9 Å². The maximum atomic E-state index is 6.97. The zero-order chi connectivity index (χ0) is 8.39. The summed E-state index contributed by atoms with van der Waals surface area (Å²) < 4.78 is 0. The summed E-state index contributed by atoms with van der Waals surface area (Å²) in [4.78, 5) is 0. The van der Waals surface area contributed by atoms with Crippen LogP contribution >= 0.6 is 0 Å². The van der Waals surface area contributed by atoms with Crippen molar-refractivity contribution in [2.45, 2.75) is 0 Å². The normalized spacial score (nSPS) is 13.1. The van der Waals surface area contributed by atoms with Gasteiger partial charge in [-0.25, -0.2) is 0 Å². The summed E-state index contributed by atoms with van der Waals surface area (Å²) in [6.45, 7) is 0. The molecule has 0 unspecified atom stereocenters. The van der Waals surface area contributed by atoms with E-state index in [0.29, 0.717) is 5.71 Å². The molecule has 0 saturated carbocycles. The maximum absolute atomic E-state index is 6.97. The molecular weight excluding hydrogens is 148 g/mol. The topological polar surface area (TPSA) is 26.5 Å². The highest BCUT2D eigenvalue weighted by Gasteiger charge is 2.19. The van der Waals surface area contributed by atoms with Crippen LogP contribution in [-0.4, -0.2) is 11.9 Å². The molecule has 54 valence electrons. The summed E-state index contributed by atoms with van der Waals surface area (Å²) in [6, 6.07) is 7.67. The van der Waals surface area contributed by atoms with Gasteiger partial charge in [-0.15, -0.1) is 0 Å². The van der Waals surface area contributed by atoms with Crippen molar-refractivity contribution in [3.63, 3.8) is 0 Å². The maximum Gasteiger partial charge on any atom is 0.371 e. The number of nitrogens with zero attached hydrogens (tertiary/aromatic N) is 2. The van der Waals surface area contributed by atoms with Crippen LogP contribution < -0.4 is 5.10 Å². The van der Waals surface area contributed by atoms with Gasteiger partial charge in [-0.1, -0.05) is 18.2 Å². The first-order valence-corrected chi connectivity index (χ1v) is 3.55. The number of benzene rings is 1. The van der Waals surface area contributed by atoms with Gasteiger partial charge in [0.05, 0.1) is 10.7 Å². The van der Waals surface area contributed by atoms with Gasteiger partial charge >= 0.3 is 5.71 Å². The Labute approximate surface area is 70.6 Å². The molecule has 0 bridgehead atoms. The van der Waals surface area contributed by atoms with Crippen LogP contribution in [0.2, 0.25) is 0 Å². The van der Waals surface area contributed by atoms with Crippen molar-refractivity contribution in [1.29, 1.82) is 0 Å². The third-order valence-corrected chi connectivity index (χ3v) is 1.69. The van der Waals surface area contributed by atoms with Crippen LogP contribution in [0, 0.1) is 12.3 Å². The summed E-state index contributed by atoms with van der Waals surface area (Å²) in [6.07, 6.45) is 8.65. The summed E-state index contributed by atoms with van der Waals surface area (Å²) >= 11 is 0. The van der Waals surface area contributed by atoms with Gasteiger partial charge in [0.15, 0.2) is 0 Å². The summed E-state index contributed by atoms with van der Waals surface area (Å²) in [5, 5.41) is 7.53. The van der Waals surface area contributed by atoms with Crippen LogP contribution in [0.3, 0.4) is 0 Å². The van der Waals surface area contributed by atoms with Crippen LogP contribution in [0.15, 0.2) is 29.4 Å². The van der Waals surface area contributed by atoms with E-state index < -0.39 is 0 Å². The van der Waals surface area contributed by atoms with Crippen molar-refractivity contribution in [2.75, 3.05) is 0 Å². The quantitative estimate of drug-likeness (QED) is 0.492. The average molecular weight is 153 g/mol. The molecule has 0 aromatic heterocycles. The lowest BCUT2D eigenvalue weighted by molar-refractivity contribution is 1.10. The van der Waals surface area contributed by atoms with Crippen LogP contribution in [0.4, 0.5) is 0 Å². The Morgan fingerprint density at radius 3 is 3.00 bits per heavy atom. The van der Waals surface area contributed by atoms with Gasteiger partial charge in [0.1, 0.15) is 6.21 Å². The monoisotopic (exact) mass is 153 g/mol. The highest BCUT2D eigenvalue weighted by Crippen LogP contribution is 2.08. The van der Waals surface area contributed by atoms with Crippen LogP contribution in [0.25, 0.3) is 0 Å². The van der Waals surface area contributed by atoms with Crippen LogP contribution in [0.1, 0.15) is 11.1 Å². The molecule has 0 N–H and O–H groups in total. The summed E-state index contributed by atoms with van der Waals surface area (Å²) in [5.74, 6) is 2.25. The van der Waals surface area contributed by atoms with E-state index in [9.17, 15) is 0 Å². The molecule has 0 saturated heterocycles. The summed E-state index contributed by atoms with van der Waals surface area (Å²) in [5.41, 5.74) is 2.40. The first-order valence-electron chi connectivity index (χ1n) is 3.55. The van der Waals surface area contributed by atoms with E-state index in [4.69, 9.17) is 6.42 Å². The molecule has 1 aliphatic heterocycles. The average Bonchev–Trinajstić information content (AvgIpc) is 2.17. The zero-order valence-corrected chi connectivity index (χ0v) is 6.28. The van der Waals surface area contributed by atoms with E-state index in [-0.39, 0.29) is 0 Å². The van der Waals surface area contributed by atoms with Crippen molar-refractivity contribution in [1.82, 2.24) is 5.10 Å². The number of rotatable bonds is 0. The molecule has 2 heteroatoms. The molecule has 1 aliphatic rings. The molecular formula is C10H5N2+. The molecule has 0 spiro atoms. The molecule has 0 atom stereocenters. The predicted octanol–water partition coefficient (Wildman–Crippen LogP) is 0.749. The number of hydrogen-bond donors (Lipinski definition) is 0. The SMILES string of the molecule is [C]#CC1=[N+]N=Cc2ccccc21. The van der Waals surface area contributed by atoms with Gasteiger partial charge in [-0.3, -0.25) is 0 Å². The first-order chi connectivity index (χ1) is 5.92. The Hall–Kier alpha value is -1.88. The van der Waals surface area contributed by atoms with Crippen molar-refractivity contribution in [3.05, 3.63) is 41.8 Å². The minimum atomic E-state index is 0.494. The van der Waals surface area contributed by atoms with Gasteiger partial charge in [-0.05, 0) is 12.5 Å². The van der Waals surface area contributed by atoms with Crippen molar-refractivity contribution in [2.24, 2.45) is 5.10 Å². The Balaban J connectivity index is 2.67. The minimum Gasteiger partial charge on any atom is -0.0616 e. The van der Waals surface area contributed by atoms with Gasteiger partial charge in [0, 0.05) is 11.5 Å². The van der Waals surface area contributed by atoms with Crippen LogP contribution in [-0.2, 0) is 0 Å². The molecule has 0 fully saturated rings. The van der Waals surface area contributed by atoms with E-state index in [1.165, 1.54) is 0 Å². The van der Waals surface area contributed by atoms with Crippen LogP contribution in [0.5, 0.6) is 0 Å². The van der Waals surface area contributed by atoms with Gasteiger partial charge in [-0.2, -0.15) is 0 Å². The lowest BCUT2D eigenvalue weighted by Crippen LogP contribution is -2.11. The Bertz CT molecular complexity index is 408. The Morgan fingerprint density at radius 1 is 1.33 bits per heavy atom. The lowest BCUT2D eigenvalue weighted by Gasteiger charge is -1.96. The van der Waals surface area contributed by atoms with E-state index in [0.717, 1.165) is 11.1 Å². The van der Waals surface area contributed by atoms with Gasteiger partial charge in [0.2, 0.25) is 5.10 Å². The third-order valence-electron chi connectivity index (χ3n) is 1.69. The molecule has 1 heterocycles. The highest BCUT2D eigenvalue weighted by molar-refractivity contribution is 6.16. The third kappa shape index (κ3) is 0.923. The first kappa shape index (κ1) is 6.81. The fourth-order valence-corrected chi connectivity index (χ4v) is 1.12. The number of fused-ring (bicyclic) bond motifs is 1. The Kier molecular flexibility index (Phi) is 1.49. The molecule has 1 aromatic carbocycles. The second-order valence-electron chi connectivity index (χ2n) is 2.41. The van der Waals surface area contributed by atoms with E-state index in [1.54, 1.807) is 6.21 Å². The zero-order valence-electron chi connectivity index (χ0n) is 6.28. The van der Waals surface area contributed by atoms with Crippen molar-refractivity contribution in [3.8, 4) is 5.92 Å². The van der Waals surface area contributed by atoms with E-state index in [1.807, 2.05) is 24.3 Å².